The van der Waals surface area contributed by atoms with Crippen LogP contribution in [-0.2, 0) is 0 Å². The standard InChI is InChI=1S/C21H44N2S.BrH/c1-3-5-6-7-8-9-10-11-12-13-14-15-16-17-18-19-20-24-21(22)23-4-2;/h3-20H2,1-2H3,(H2,22,23);1H. The molecule has 0 aromatic heterocycles. The largest absolute Gasteiger partial charge is 0.379 e. The van der Waals surface area contributed by atoms with Crippen molar-refractivity contribution in [2.75, 3.05) is 12.3 Å². The molecule has 2 N–H and O–H groups in total. The SMILES string of the molecule is Br.CCCCCCCCCCCCCCCCCCSC(N)=NCC. The number of hydrogen-bond acceptors (Lipinski definition) is 2. The van der Waals surface area contributed by atoms with Gasteiger partial charge < -0.3 is 5.73 Å². The molecule has 152 valence electrons. The first-order valence-corrected chi connectivity index (χ1v) is 11.7. The van der Waals surface area contributed by atoms with Crippen molar-refractivity contribution in [1.29, 1.82) is 0 Å². The third-order valence-electron chi connectivity index (χ3n) is 4.56. The lowest BCUT2D eigenvalue weighted by atomic mass is 10.0. The van der Waals surface area contributed by atoms with Crippen molar-refractivity contribution < 1.29 is 0 Å². The molecule has 0 unspecified atom stereocenters. The van der Waals surface area contributed by atoms with E-state index in [0.29, 0.717) is 0 Å². The molecule has 0 aliphatic heterocycles. The lowest BCUT2D eigenvalue weighted by molar-refractivity contribution is 0.532. The predicted octanol–water partition coefficient (Wildman–Crippen LogP) is 7.89. The summed E-state index contributed by atoms with van der Waals surface area (Å²) < 4.78 is 0. The zero-order valence-corrected chi connectivity index (χ0v) is 19.6. The van der Waals surface area contributed by atoms with Gasteiger partial charge in [-0.1, -0.05) is 115 Å². The first-order valence-electron chi connectivity index (χ1n) is 10.7. The first kappa shape index (κ1) is 27.5. The molecule has 0 bridgehead atoms. The average molecular weight is 438 g/mol. The van der Waals surface area contributed by atoms with Crippen LogP contribution in [-0.4, -0.2) is 17.5 Å². The fourth-order valence-electron chi connectivity index (χ4n) is 3.03. The third kappa shape index (κ3) is 24.3. The molecule has 2 nitrogen and oxygen atoms in total. The van der Waals surface area contributed by atoms with Crippen molar-refractivity contribution in [3.8, 4) is 0 Å². The summed E-state index contributed by atoms with van der Waals surface area (Å²) in [6.45, 7) is 5.12. The van der Waals surface area contributed by atoms with Crippen molar-refractivity contribution in [3.05, 3.63) is 0 Å². The minimum Gasteiger partial charge on any atom is -0.379 e. The molecule has 0 aliphatic rings. The lowest BCUT2D eigenvalue weighted by Crippen LogP contribution is -2.07. The number of hydrogen-bond donors (Lipinski definition) is 1. The molecule has 0 aromatic rings. The van der Waals surface area contributed by atoms with E-state index in [2.05, 4.69) is 11.9 Å². The molecule has 0 aromatic carbocycles. The van der Waals surface area contributed by atoms with E-state index in [1.165, 1.54) is 103 Å². The molecule has 0 spiro atoms. The molecule has 0 heterocycles. The van der Waals surface area contributed by atoms with Gasteiger partial charge in [0.2, 0.25) is 0 Å². The number of rotatable bonds is 18. The maximum Gasteiger partial charge on any atom is 0.153 e. The number of halogens is 1. The van der Waals surface area contributed by atoms with E-state index in [1.54, 1.807) is 11.8 Å². The Balaban J connectivity index is 0. The molecule has 0 radical (unpaired) electrons. The van der Waals surface area contributed by atoms with Gasteiger partial charge in [0.05, 0.1) is 0 Å². The monoisotopic (exact) mass is 436 g/mol. The van der Waals surface area contributed by atoms with Gasteiger partial charge in [-0.3, -0.25) is 4.99 Å². The van der Waals surface area contributed by atoms with Gasteiger partial charge in [-0.2, -0.15) is 0 Å². The Bertz CT molecular complexity index is 273. The van der Waals surface area contributed by atoms with Crippen LogP contribution in [0.2, 0.25) is 0 Å². The van der Waals surface area contributed by atoms with Gasteiger partial charge in [-0.15, -0.1) is 17.0 Å². The first-order chi connectivity index (χ1) is 11.8. The highest BCUT2D eigenvalue weighted by Gasteiger charge is 1.96. The van der Waals surface area contributed by atoms with Crippen molar-refractivity contribution in [2.24, 2.45) is 10.7 Å². The second kappa shape index (κ2) is 24.3. The van der Waals surface area contributed by atoms with Crippen molar-refractivity contribution >= 4 is 33.9 Å². The summed E-state index contributed by atoms with van der Waals surface area (Å²) in [5.74, 6) is 1.13. The second-order valence-corrected chi connectivity index (χ2v) is 8.08. The number of unbranched alkanes of at least 4 members (excludes halogenated alkanes) is 15. The molecule has 0 aliphatic carbocycles. The quantitative estimate of drug-likeness (QED) is 0.134. The average Bonchev–Trinajstić information content (AvgIpc) is 2.58. The van der Waals surface area contributed by atoms with Crippen LogP contribution in [0.5, 0.6) is 0 Å². The van der Waals surface area contributed by atoms with Gasteiger partial charge in [0.25, 0.3) is 0 Å². The lowest BCUT2D eigenvalue weighted by Gasteiger charge is -2.04. The fourth-order valence-corrected chi connectivity index (χ4v) is 3.81. The highest BCUT2D eigenvalue weighted by molar-refractivity contribution is 8.93. The number of aliphatic imine (C=N–C) groups is 1. The van der Waals surface area contributed by atoms with Crippen LogP contribution >= 0.6 is 28.7 Å². The summed E-state index contributed by atoms with van der Waals surface area (Å²) in [5.41, 5.74) is 5.76. The molecule has 4 heteroatoms. The summed E-state index contributed by atoms with van der Waals surface area (Å²) in [6.07, 6.45) is 22.8. The van der Waals surface area contributed by atoms with Crippen LogP contribution in [0.3, 0.4) is 0 Å². The number of amidine groups is 1. The molecular formula is C21H45BrN2S. The molecular weight excluding hydrogens is 392 g/mol. The predicted molar refractivity (Wildman–Crippen MR) is 124 cm³/mol. The van der Waals surface area contributed by atoms with Crippen LogP contribution in [0.25, 0.3) is 0 Å². The molecule has 0 saturated heterocycles. The van der Waals surface area contributed by atoms with Crippen LogP contribution in [0.15, 0.2) is 4.99 Å². The van der Waals surface area contributed by atoms with E-state index in [9.17, 15) is 0 Å². The number of nitrogens with two attached hydrogens (primary N) is 1. The van der Waals surface area contributed by atoms with Gasteiger partial charge in [0.1, 0.15) is 0 Å². The van der Waals surface area contributed by atoms with Crippen LogP contribution < -0.4 is 5.73 Å². The smallest absolute Gasteiger partial charge is 0.153 e. The molecule has 0 amide bonds. The van der Waals surface area contributed by atoms with Crippen LogP contribution in [0.4, 0.5) is 0 Å². The van der Waals surface area contributed by atoms with Crippen LogP contribution in [0.1, 0.15) is 117 Å². The zero-order chi connectivity index (χ0) is 17.7. The van der Waals surface area contributed by atoms with E-state index in [1.807, 2.05) is 6.92 Å². The Hall–Kier alpha value is 0.300. The van der Waals surface area contributed by atoms with E-state index in [-0.39, 0.29) is 17.0 Å². The van der Waals surface area contributed by atoms with E-state index < -0.39 is 0 Å². The summed E-state index contributed by atoms with van der Waals surface area (Å²) in [5, 5.41) is 0.762. The molecule has 25 heavy (non-hydrogen) atoms. The van der Waals surface area contributed by atoms with Gasteiger partial charge in [-0.05, 0) is 13.3 Å². The molecule has 0 atom stereocenters. The van der Waals surface area contributed by atoms with E-state index in [0.717, 1.165) is 17.5 Å². The Morgan fingerprint density at radius 2 is 1.00 bits per heavy atom. The van der Waals surface area contributed by atoms with E-state index in [4.69, 9.17) is 5.73 Å². The Labute approximate surface area is 173 Å². The van der Waals surface area contributed by atoms with Gasteiger partial charge in [0, 0.05) is 12.3 Å². The molecule has 0 fully saturated rings. The summed E-state index contributed by atoms with van der Waals surface area (Å²) in [6, 6.07) is 0. The summed E-state index contributed by atoms with van der Waals surface area (Å²) in [4.78, 5) is 4.19. The second-order valence-electron chi connectivity index (χ2n) is 6.96. The normalized spacial score (nSPS) is 11.5. The minimum atomic E-state index is 0. The summed E-state index contributed by atoms with van der Waals surface area (Å²) in [7, 11) is 0. The Morgan fingerprint density at radius 3 is 1.36 bits per heavy atom. The minimum absolute atomic E-state index is 0. The van der Waals surface area contributed by atoms with Gasteiger partial charge >= 0.3 is 0 Å². The Kier molecular flexibility index (Phi) is 26.7. The van der Waals surface area contributed by atoms with Gasteiger partial charge in [-0.25, -0.2) is 0 Å². The number of nitrogens with zero attached hydrogens (tertiary/aromatic N) is 1. The fraction of sp³-hybridized carbons (Fsp3) is 0.952. The zero-order valence-electron chi connectivity index (χ0n) is 17.1. The van der Waals surface area contributed by atoms with Crippen molar-refractivity contribution in [1.82, 2.24) is 0 Å². The highest BCUT2D eigenvalue weighted by atomic mass is 79.9. The van der Waals surface area contributed by atoms with Gasteiger partial charge in [0.15, 0.2) is 5.17 Å². The maximum absolute atomic E-state index is 5.76. The highest BCUT2D eigenvalue weighted by Crippen LogP contribution is 2.14. The molecule has 0 saturated carbocycles. The Morgan fingerprint density at radius 1 is 0.640 bits per heavy atom. The maximum atomic E-state index is 5.76. The number of thioether (sulfide) groups is 1. The van der Waals surface area contributed by atoms with Crippen molar-refractivity contribution in [3.63, 3.8) is 0 Å². The topological polar surface area (TPSA) is 38.4 Å². The van der Waals surface area contributed by atoms with Crippen LogP contribution in [0, 0.1) is 0 Å². The van der Waals surface area contributed by atoms with Crippen molar-refractivity contribution in [2.45, 2.75) is 117 Å². The van der Waals surface area contributed by atoms with E-state index >= 15 is 0 Å². The molecule has 0 rings (SSSR count). The third-order valence-corrected chi connectivity index (χ3v) is 5.48. The summed E-state index contributed by atoms with van der Waals surface area (Å²) >= 11 is 1.72.